The topological polar surface area (TPSA) is 91.7 Å². The minimum atomic E-state index is -0.733. The molecule has 0 aliphatic carbocycles. The first kappa shape index (κ1) is 18.6. The maximum Gasteiger partial charge on any atom is 0.271 e. The number of amides is 1. The number of carbonyl (C=O) groups is 1. The Balaban J connectivity index is 1.61. The number of nitrogens with zero attached hydrogens (tertiary/aromatic N) is 1. The monoisotopic (exact) mass is 402 g/mol. The van der Waals surface area contributed by atoms with Gasteiger partial charge in [0.15, 0.2) is 0 Å². The Morgan fingerprint density at radius 1 is 1.36 bits per heavy atom. The van der Waals surface area contributed by atoms with Crippen LogP contribution in [0, 0.1) is 0 Å². The Bertz CT molecular complexity index is 750. The maximum absolute atomic E-state index is 12.2. The molecule has 1 fully saturated rings. The maximum atomic E-state index is 12.2. The highest BCUT2D eigenvalue weighted by Gasteiger charge is 2.36. The predicted octanol–water partition coefficient (Wildman–Crippen LogP) is 2.56. The molecular formula is C16H16Cl2N2O4S. The van der Waals surface area contributed by atoms with Gasteiger partial charge in [0.05, 0.1) is 12.7 Å². The fraction of sp³-hybridized carbons (Fsp3) is 0.375. The van der Waals surface area contributed by atoms with Crippen LogP contribution < -0.4 is 5.32 Å². The molecule has 9 heteroatoms. The van der Waals surface area contributed by atoms with Crippen molar-refractivity contribution in [3.63, 3.8) is 0 Å². The van der Waals surface area contributed by atoms with E-state index in [9.17, 15) is 9.90 Å². The van der Waals surface area contributed by atoms with Crippen LogP contribution in [0.2, 0.25) is 10.0 Å². The number of ether oxygens (including phenoxy) is 1. The second-order valence-electron chi connectivity index (χ2n) is 5.68. The summed E-state index contributed by atoms with van der Waals surface area (Å²) in [5.41, 5.74) is 1.06. The third-order valence-electron chi connectivity index (χ3n) is 3.81. The molecule has 0 spiro atoms. The molecule has 1 aliphatic heterocycles. The van der Waals surface area contributed by atoms with E-state index < -0.39 is 18.3 Å². The van der Waals surface area contributed by atoms with E-state index >= 15 is 0 Å². The van der Waals surface area contributed by atoms with Crippen LogP contribution >= 0.6 is 34.5 Å². The minimum Gasteiger partial charge on any atom is -0.394 e. The number of benzene rings is 1. The van der Waals surface area contributed by atoms with Crippen LogP contribution in [0.3, 0.4) is 0 Å². The van der Waals surface area contributed by atoms with Crippen molar-refractivity contribution in [2.75, 3.05) is 6.61 Å². The normalized spacial score (nSPS) is 23.0. The lowest BCUT2D eigenvalue weighted by atomic mass is 10.1. The number of rotatable bonds is 5. The van der Waals surface area contributed by atoms with Gasteiger partial charge in [0.1, 0.15) is 22.9 Å². The lowest BCUT2D eigenvalue weighted by molar-refractivity contribution is -0.0226. The Kier molecular flexibility index (Phi) is 5.93. The summed E-state index contributed by atoms with van der Waals surface area (Å²) in [5.74, 6) is -0.323. The van der Waals surface area contributed by atoms with Crippen molar-refractivity contribution in [3.05, 3.63) is 49.9 Å². The Morgan fingerprint density at radius 2 is 2.08 bits per heavy atom. The molecule has 0 saturated carbocycles. The fourth-order valence-electron chi connectivity index (χ4n) is 2.58. The third-order valence-corrected chi connectivity index (χ3v) is 5.18. The molecule has 2 heterocycles. The number of halogens is 2. The number of carbonyl (C=O) groups excluding carboxylic acids is 1. The molecule has 0 unspecified atom stereocenters. The number of aliphatic hydroxyl groups is 2. The largest absolute Gasteiger partial charge is 0.394 e. The first-order valence-electron chi connectivity index (χ1n) is 7.59. The standard InChI is InChI=1S/C16H16Cl2N2O4S/c17-9-1-8(2-10(18)3-9)5-19-15(23)11-7-25-16(20-11)13-4-12(22)14(6-21)24-13/h1-3,7,12-14,21-22H,4-6H2,(H,19,23)/t12-,13-,14+/m0/s1. The number of aromatic nitrogens is 1. The fourth-order valence-corrected chi connectivity index (χ4v) is 4.00. The van der Waals surface area contributed by atoms with Gasteiger partial charge in [-0.1, -0.05) is 23.2 Å². The number of hydrogen-bond donors (Lipinski definition) is 3. The molecule has 25 heavy (non-hydrogen) atoms. The summed E-state index contributed by atoms with van der Waals surface area (Å²) in [6.07, 6.45) is -1.41. The SMILES string of the molecule is O=C(NCc1cc(Cl)cc(Cl)c1)c1csc([C@@H]2C[C@H](O)[C@@H](CO)O2)n1. The second kappa shape index (κ2) is 7.99. The molecule has 0 radical (unpaired) electrons. The average Bonchev–Trinajstić information content (AvgIpc) is 3.18. The van der Waals surface area contributed by atoms with E-state index in [0.29, 0.717) is 21.5 Å². The minimum absolute atomic E-state index is 0.251. The van der Waals surface area contributed by atoms with Crippen LogP contribution in [0.5, 0.6) is 0 Å². The number of hydrogen-bond acceptors (Lipinski definition) is 6. The lowest BCUT2D eigenvalue weighted by Crippen LogP contribution is -2.24. The zero-order valence-corrected chi connectivity index (χ0v) is 15.3. The van der Waals surface area contributed by atoms with E-state index in [1.54, 1.807) is 23.6 Å². The van der Waals surface area contributed by atoms with E-state index in [1.807, 2.05) is 0 Å². The summed E-state index contributed by atoms with van der Waals surface area (Å²) in [5, 5.41) is 24.9. The van der Waals surface area contributed by atoms with Gasteiger partial charge in [-0.05, 0) is 23.8 Å². The summed E-state index contributed by atoms with van der Waals surface area (Å²) in [7, 11) is 0. The van der Waals surface area contributed by atoms with Gasteiger partial charge in [0, 0.05) is 28.4 Å². The molecule has 1 aromatic heterocycles. The highest BCUT2D eigenvalue weighted by molar-refractivity contribution is 7.09. The molecule has 1 aliphatic rings. The summed E-state index contributed by atoms with van der Waals surface area (Å²) in [6.45, 7) is 0.0236. The average molecular weight is 403 g/mol. The summed E-state index contributed by atoms with van der Waals surface area (Å²) in [4.78, 5) is 16.5. The molecule has 134 valence electrons. The second-order valence-corrected chi connectivity index (χ2v) is 7.44. The van der Waals surface area contributed by atoms with Crippen molar-refractivity contribution in [2.45, 2.75) is 31.3 Å². The Hall–Kier alpha value is -1.22. The van der Waals surface area contributed by atoms with Crippen molar-refractivity contribution in [2.24, 2.45) is 0 Å². The smallest absolute Gasteiger partial charge is 0.271 e. The lowest BCUT2D eigenvalue weighted by Gasteiger charge is -2.09. The van der Waals surface area contributed by atoms with Crippen LogP contribution in [0.1, 0.15) is 33.6 Å². The van der Waals surface area contributed by atoms with E-state index in [2.05, 4.69) is 10.3 Å². The van der Waals surface area contributed by atoms with Crippen LogP contribution in [0.25, 0.3) is 0 Å². The molecule has 3 atom stereocenters. The summed E-state index contributed by atoms with van der Waals surface area (Å²) in [6, 6.07) is 5.07. The zero-order valence-electron chi connectivity index (χ0n) is 13.0. The Morgan fingerprint density at radius 3 is 2.72 bits per heavy atom. The van der Waals surface area contributed by atoms with Crippen molar-refractivity contribution < 1.29 is 19.7 Å². The van der Waals surface area contributed by atoms with Gasteiger partial charge in [-0.2, -0.15) is 0 Å². The molecule has 2 aromatic rings. The van der Waals surface area contributed by atoms with E-state index in [1.165, 1.54) is 11.3 Å². The number of thiazole rings is 1. The molecular weight excluding hydrogens is 387 g/mol. The molecule has 0 bridgehead atoms. The van der Waals surface area contributed by atoms with Crippen LogP contribution in [0.4, 0.5) is 0 Å². The van der Waals surface area contributed by atoms with E-state index in [-0.39, 0.29) is 24.8 Å². The molecule has 1 aromatic carbocycles. The van der Waals surface area contributed by atoms with Gasteiger partial charge in [-0.25, -0.2) is 4.98 Å². The van der Waals surface area contributed by atoms with Gasteiger partial charge in [0.25, 0.3) is 5.91 Å². The third kappa shape index (κ3) is 4.49. The zero-order chi connectivity index (χ0) is 18.0. The molecule has 1 saturated heterocycles. The van der Waals surface area contributed by atoms with Crippen LogP contribution in [-0.4, -0.2) is 39.9 Å². The molecule has 3 rings (SSSR count). The van der Waals surface area contributed by atoms with Crippen molar-refractivity contribution >= 4 is 40.4 Å². The van der Waals surface area contributed by atoms with E-state index in [0.717, 1.165) is 5.56 Å². The van der Waals surface area contributed by atoms with Gasteiger partial charge < -0.3 is 20.3 Å². The van der Waals surface area contributed by atoms with Gasteiger partial charge in [-0.3, -0.25) is 4.79 Å². The van der Waals surface area contributed by atoms with Gasteiger partial charge in [-0.15, -0.1) is 11.3 Å². The van der Waals surface area contributed by atoms with Crippen LogP contribution in [0.15, 0.2) is 23.6 Å². The molecule has 6 nitrogen and oxygen atoms in total. The number of nitrogens with one attached hydrogen (secondary N) is 1. The molecule has 1 amide bonds. The van der Waals surface area contributed by atoms with Crippen molar-refractivity contribution in [3.8, 4) is 0 Å². The number of aliphatic hydroxyl groups excluding tert-OH is 2. The first-order chi connectivity index (χ1) is 12.0. The quantitative estimate of drug-likeness (QED) is 0.714. The Labute approximate surface area is 158 Å². The van der Waals surface area contributed by atoms with Gasteiger partial charge in [0.2, 0.25) is 0 Å². The highest BCUT2D eigenvalue weighted by Crippen LogP contribution is 2.34. The highest BCUT2D eigenvalue weighted by atomic mass is 35.5. The van der Waals surface area contributed by atoms with Crippen molar-refractivity contribution in [1.82, 2.24) is 10.3 Å². The van der Waals surface area contributed by atoms with Gasteiger partial charge >= 0.3 is 0 Å². The first-order valence-corrected chi connectivity index (χ1v) is 9.23. The summed E-state index contributed by atoms with van der Waals surface area (Å²) < 4.78 is 5.54. The summed E-state index contributed by atoms with van der Waals surface area (Å²) >= 11 is 13.2. The predicted molar refractivity (Wildman–Crippen MR) is 95.1 cm³/mol. The van der Waals surface area contributed by atoms with Crippen molar-refractivity contribution in [1.29, 1.82) is 0 Å². The molecule has 3 N–H and O–H groups in total. The van der Waals surface area contributed by atoms with Crippen LogP contribution in [-0.2, 0) is 11.3 Å². The van der Waals surface area contributed by atoms with E-state index in [4.69, 9.17) is 33.0 Å².